The second-order valence-electron chi connectivity index (χ2n) is 4.69. The molecule has 0 amide bonds. The summed E-state index contributed by atoms with van der Waals surface area (Å²) < 4.78 is 0. The Hall–Kier alpha value is -0.570. The van der Waals surface area contributed by atoms with E-state index >= 15 is 0 Å². The SMILES string of the molecule is CC(C)C(CN(C)C)NC1=NCCC1. The molecule has 0 aromatic carbocycles. The number of amidine groups is 1. The molecule has 0 saturated carbocycles. The molecule has 0 fully saturated rings. The van der Waals surface area contributed by atoms with Crippen LogP contribution in [0.3, 0.4) is 0 Å². The molecule has 1 aliphatic rings. The maximum atomic E-state index is 4.45. The third-order valence-electron chi connectivity index (χ3n) is 2.59. The van der Waals surface area contributed by atoms with Gasteiger partial charge in [0.15, 0.2) is 0 Å². The summed E-state index contributed by atoms with van der Waals surface area (Å²) in [5, 5.41) is 3.56. The summed E-state index contributed by atoms with van der Waals surface area (Å²) in [7, 11) is 4.24. The highest BCUT2D eigenvalue weighted by atomic mass is 15.1. The molecule has 0 bridgehead atoms. The van der Waals surface area contributed by atoms with Crippen LogP contribution in [-0.4, -0.2) is 44.0 Å². The first-order valence-corrected chi connectivity index (χ1v) is 5.54. The third-order valence-corrected chi connectivity index (χ3v) is 2.59. The van der Waals surface area contributed by atoms with Gasteiger partial charge in [-0.05, 0) is 26.4 Å². The number of likely N-dealkylation sites (N-methyl/N-ethyl adjacent to an activating group) is 1. The van der Waals surface area contributed by atoms with Crippen LogP contribution in [0.1, 0.15) is 26.7 Å². The lowest BCUT2D eigenvalue weighted by Crippen LogP contribution is -2.44. The highest BCUT2D eigenvalue weighted by Crippen LogP contribution is 2.07. The normalized spacial score (nSPS) is 18.9. The van der Waals surface area contributed by atoms with E-state index in [4.69, 9.17) is 0 Å². The molecule has 0 spiro atoms. The van der Waals surface area contributed by atoms with E-state index in [1.165, 1.54) is 12.3 Å². The van der Waals surface area contributed by atoms with Gasteiger partial charge in [0.1, 0.15) is 0 Å². The average Bonchev–Trinajstić information content (AvgIpc) is 2.54. The molecule has 1 aliphatic heterocycles. The van der Waals surface area contributed by atoms with E-state index < -0.39 is 0 Å². The van der Waals surface area contributed by atoms with E-state index in [1.807, 2.05) is 0 Å². The second kappa shape index (κ2) is 5.35. The van der Waals surface area contributed by atoms with Crippen molar-refractivity contribution in [3.05, 3.63) is 0 Å². The van der Waals surface area contributed by atoms with Crippen LogP contribution in [0.4, 0.5) is 0 Å². The molecular weight excluding hydrogens is 174 g/mol. The maximum Gasteiger partial charge on any atom is 0.0966 e. The summed E-state index contributed by atoms with van der Waals surface area (Å²) in [6, 6.07) is 0.529. The van der Waals surface area contributed by atoms with Crippen LogP contribution in [0.15, 0.2) is 4.99 Å². The topological polar surface area (TPSA) is 27.6 Å². The van der Waals surface area contributed by atoms with E-state index in [2.05, 4.69) is 43.2 Å². The third kappa shape index (κ3) is 3.66. The van der Waals surface area contributed by atoms with E-state index in [1.54, 1.807) is 0 Å². The van der Waals surface area contributed by atoms with Gasteiger partial charge in [-0.2, -0.15) is 0 Å². The summed E-state index contributed by atoms with van der Waals surface area (Å²) in [5.74, 6) is 1.87. The fraction of sp³-hybridized carbons (Fsp3) is 0.909. The van der Waals surface area contributed by atoms with Gasteiger partial charge >= 0.3 is 0 Å². The Morgan fingerprint density at radius 1 is 1.43 bits per heavy atom. The van der Waals surface area contributed by atoms with E-state index in [-0.39, 0.29) is 0 Å². The Bertz CT molecular complexity index is 197. The minimum Gasteiger partial charge on any atom is -0.370 e. The number of hydrogen-bond acceptors (Lipinski definition) is 3. The lowest BCUT2D eigenvalue weighted by molar-refractivity contribution is 0.312. The summed E-state index contributed by atoms with van der Waals surface area (Å²) in [4.78, 5) is 6.68. The molecule has 1 N–H and O–H groups in total. The van der Waals surface area contributed by atoms with Gasteiger partial charge in [0.2, 0.25) is 0 Å². The van der Waals surface area contributed by atoms with Crippen molar-refractivity contribution in [3.8, 4) is 0 Å². The lowest BCUT2D eigenvalue weighted by Gasteiger charge is -2.26. The van der Waals surface area contributed by atoms with Crippen LogP contribution in [0, 0.1) is 5.92 Å². The molecule has 3 nitrogen and oxygen atoms in total. The van der Waals surface area contributed by atoms with Crippen molar-refractivity contribution >= 4 is 5.84 Å². The molecule has 0 saturated heterocycles. The first kappa shape index (κ1) is 11.5. The van der Waals surface area contributed by atoms with Gasteiger partial charge in [-0.25, -0.2) is 0 Å². The van der Waals surface area contributed by atoms with Crippen LogP contribution in [0.2, 0.25) is 0 Å². The molecule has 14 heavy (non-hydrogen) atoms. The monoisotopic (exact) mass is 197 g/mol. The first-order chi connectivity index (χ1) is 6.59. The van der Waals surface area contributed by atoms with Gasteiger partial charge in [0.05, 0.1) is 5.84 Å². The molecule has 1 rings (SSSR count). The molecule has 0 aliphatic carbocycles. The predicted octanol–water partition coefficient (Wildman–Crippen LogP) is 1.35. The zero-order valence-electron chi connectivity index (χ0n) is 9.88. The van der Waals surface area contributed by atoms with Crippen molar-refractivity contribution in [2.45, 2.75) is 32.7 Å². The number of hydrogen-bond donors (Lipinski definition) is 1. The zero-order chi connectivity index (χ0) is 10.6. The van der Waals surface area contributed by atoms with Gasteiger partial charge < -0.3 is 10.2 Å². The molecule has 3 heteroatoms. The van der Waals surface area contributed by atoms with Crippen molar-refractivity contribution < 1.29 is 0 Å². The van der Waals surface area contributed by atoms with E-state index in [9.17, 15) is 0 Å². The molecule has 0 radical (unpaired) electrons. The summed E-state index contributed by atoms with van der Waals surface area (Å²) in [5.41, 5.74) is 0. The van der Waals surface area contributed by atoms with Gasteiger partial charge in [-0.1, -0.05) is 13.8 Å². The van der Waals surface area contributed by atoms with Crippen molar-refractivity contribution in [2.24, 2.45) is 10.9 Å². The van der Waals surface area contributed by atoms with Crippen molar-refractivity contribution in [3.63, 3.8) is 0 Å². The minimum absolute atomic E-state index is 0.529. The molecular formula is C11H23N3. The standard InChI is InChI=1S/C11H23N3/c1-9(2)10(8-14(3)4)13-11-6-5-7-12-11/h9-10H,5-8H2,1-4H3,(H,12,13). The van der Waals surface area contributed by atoms with Gasteiger partial charge in [0, 0.05) is 25.6 Å². The number of rotatable bonds is 4. The van der Waals surface area contributed by atoms with Crippen LogP contribution >= 0.6 is 0 Å². The summed E-state index contributed by atoms with van der Waals surface area (Å²) >= 11 is 0. The Morgan fingerprint density at radius 2 is 2.14 bits per heavy atom. The lowest BCUT2D eigenvalue weighted by atomic mass is 10.0. The van der Waals surface area contributed by atoms with Crippen molar-refractivity contribution in [1.82, 2.24) is 10.2 Å². The largest absolute Gasteiger partial charge is 0.370 e. The Kier molecular flexibility index (Phi) is 4.39. The smallest absolute Gasteiger partial charge is 0.0966 e. The average molecular weight is 197 g/mol. The second-order valence-corrected chi connectivity index (χ2v) is 4.69. The van der Waals surface area contributed by atoms with Crippen LogP contribution in [0.25, 0.3) is 0 Å². The predicted molar refractivity (Wildman–Crippen MR) is 61.9 cm³/mol. The fourth-order valence-corrected chi connectivity index (χ4v) is 1.69. The molecule has 1 atom stereocenters. The molecule has 0 aromatic heterocycles. The number of nitrogens with zero attached hydrogens (tertiary/aromatic N) is 2. The minimum atomic E-state index is 0.529. The van der Waals surface area contributed by atoms with E-state index in [0.717, 1.165) is 19.5 Å². The quantitative estimate of drug-likeness (QED) is 0.737. The van der Waals surface area contributed by atoms with Gasteiger partial charge in [-0.3, -0.25) is 4.99 Å². The summed E-state index contributed by atoms with van der Waals surface area (Å²) in [6.45, 7) is 6.61. The fourth-order valence-electron chi connectivity index (χ4n) is 1.69. The number of nitrogens with one attached hydrogen (secondary N) is 1. The molecule has 1 heterocycles. The Morgan fingerprint density at radius 3 is 2.57 bits per heavy atom. The van der Waals surface area contributed by atoms with Gasteiger partial charge in [-0.15, -0.1) is 0 Å². The Balaban J connectivity index is 2.42. The van der Waals surface area contributed by atoms with E-state index in [0.29, 0.717) is 12.0 Å². The van der Waals surface area contributed by atoms with Crippen molar-refractivity contribution in [2.75, 3.05) is 27.2 Å². The van der Waals surface area contributed by atoms with Crippen LogP contribution in [-0.2, 0) is 0 Å². The van der Waals surface area contributed by atoms with Crippen LogP contribution < -0.4 is 5.32 Å². The molecule has 82 valence electrons. The van der Waals surface area contributed by atoms with Crippen molar-refractivity contribution in [1.29, 1.82) is 0 Å². The Labute approximate surface area is 87.6 Å². The molecule has 0 aromatic rings. The highest BCUT2D eigenvalue weighted by Gasteiger charge is 2.17. The zero-order valence-corrected chi connectivity index (χ0v) is 9.88. The molecule has 1 unspecified atom stereocenters. The summed E-state index contributed by atoms with van der Waals surface area (Å²) in [6.07, 6.45) is 2.35. The maximum absolute atomic E-state index is 4.45. The number of aliphatic imine (C=N–C) groups is 1. The van der Waals surface area contributed by atoms with Crippen LogP contribution in [0.5, 0.6) is 0 Å². The highest BCUT2D eigenvalue weighted by molar-refractivity contribution is 5.83. The van der Waals surface area contributed by atoms with Gasteiger partial charge in [0.25, 0.3) is 0 Å². The first-order valence-electron chi connectivity index (χ1n) is 5.54.